The number of hydrogen-bond acceptors (Lipinski definition) is 6. The van der Waals surface area contributed by atoms with Gasteiger partial charge in [-0.1, -0.05) is 0 Å². The largest absolute Gasteiger partial charge is 0.362 e. The van der Waals surface area contributed by atoms with Gasteiger partial charge in [-0.3, -0.25) is 19.7 Å². The van der Waals surface area contributed by atoms with E-state index in [4.69, 9.17) is 5.73 Å². The average molecular weight is 349 g/mol. The normalized spacial score (nSPS) is 14.3. The monoisotopic (exact) mass is 349 g/mol. The second-order valence-electron chi connectivity index (χ2n) is 5.85. The summed E-state index contributed by atoms with van der Waals surface area (Å²) in [5, 5.41) is 14.1. The number of amides is 2. The van der Waals surface area contributed by atoms with Gasteiger partial charge in [0.05, 0.1) is 4.92 Å². The minimum absolute atomic E-state index is 0.00125. The van der Waals surface area contributed by atoms with Crippen molar-refractivity contribution in [3.63, 3.8) is 0 Å². The molecule has 136 valence electrons. The van der Waals surface area contributed by atoms with Crippen molar-refractivity contribution >= 4 is 23.2 Å². The number of nitrogens with one attached hydrogen (secondary N) is 1. The van der Waals surface area contributed by atoms with Crippen LogP contribution in [0.3, 0.4) is 0 Å². The molecular weight excluding hydrogens is 326 g/mol. The number of anilines is 1. The van der Waals surface area contributed by atoms with Crippen molar-refractivity contribution < 1.29 is 14.5 Å². The van der Waals surface area contributed by atoms with Gasteiger partial charge >= 0.3 is 0 Å². The lowest BCUT2D eigenvalue weighted by molar-refractivity contribution is -0.384. The first-order chi connectivity index (χ1) is 11.9. The lowest BCUT2D eigenvalue weighted by atomic mass is 10.1. The van der Waals surface area contributed by atoms with E-state index in [2.05, 4.69) is 5.32 Å². The molecule has 0 bridgehead atoms. The van der Waals surface area contributed by atoms with Crippen LogP contribution in [0.25, 0.3) is 0 Å². The van der Waals surface area contributed by atoms with Gasteiger partial charge in [0, 0.05) is 51.3 Å². The van der Waals surface area contributed by atoms with Crippen molar-refractivity contribution in [2.45, 2.75) is 13.3 Å². The number of nitro groups is 1. The van der Waals surface area contributed by atoms with Crippen LogP contribution in [-0.4, -0.2) is 60.9 Å². The predicted octanol–water partition coefficient (Wildman–Crippen LogP) is 0.342. The summed E-state index contributed by atoms with van der Waals surface area (Å²) < 4.78 is 0. The van der Waals surface area contributed by atoms with E-state index in [9.17, 15) is 19.7 Å². The molecule has 1 aliphatic rings. The molecule has 1 aromatic rings. The Hall–Kier alpha value is -2.68. The zero-order chi connectivity index (χ0) is 18.4. The van der Waals surface area contributed by atoms with Crippen molar-refractivity contribution in [1.82, 2.24) is 10.2 Å². The van der Waals surface area contributed by atoms with Crippen LogP contribution in [0.4, 0.5) is 11.4 Å². The molecule has 1 aromatic carbocycles. The third-order valence-corrected chi connectivity index (χ3v) is 4.17. The molecule has 9 nitrogen and oxygen atoms in total. The Bertz CT molecular complexity index is 656. The number of rotatable bonds is 6. The minimum atomic E-state index is -0.483. The highest BCUT2D eigenvalue weighted by atomic mass is 16.6. The summed E-state index contributed by atoms with van der Waals surface area (Å²) in [6.45, 7) is 4.48. The topological polar surface area (TPSA) is 122 Å². The first-order valence-electron chi connectivity index (χ1n) is 8.21. The van der Waals surface area contributed by atoms with Crippen LogP contribution in [0.2, 0.25) is 0 Å². The third kappa shape index (κ3) is 4.66. The molecule has 1 fully saturated rings. The van der Waals surface area contributed by atoms with Gasteiger partial charge in [-0.25, -0.2) is 0 Å². The van der Waals surface area contributed by atoms with Gasteiger partial charge in [-0.2, -0.15) is 0 Å². The molecule has 0 atom stereocenters. The number of nitrogens with zero attached hydrogens (tertiary/aromatic N) is 3. The van der Waals surface area contributed by atoms with Gasteiger partial charge in [0.25, 0.3) is 11.6 Å². The summed E-state index contributed by atoms with van der Waals surface area (Å²) >= 11 is 0. The Labute approximate surface area is 145 Å². The summed E-state index contributed by atoms with van der Waals surface area (Å²) in [6.07, 6.45) is 0.645. The molecule has 1 saturated heterocycles. The number of piperazine rings is 1. The maximum absolute atomic E-state index is 12.1. The van der Waals surface area contributed by atoms with Crippen LogP contribution >= 0.6 is 0 Å². The number of nitro benzene ring substituents is 1. The molecule has 1 heterocycles. The molecule has 9 heteroatoms. The van der Waals surface area contributed by atoms with E-state index in [0.29, 0.717) is 51.4 Å². The number of nitrogens with two attached hydrogens (primary N) is 1. The fourth-order valence-corrected chi connectivity index (χ4v) is 2.75. The van der Waals surface area contributed by atoms with Gasteiger partial charge in [0.1, 0.15) is 5.69 Å². The molecule has 2 rings (SSSR count). The molecule has 0 aromatic heterocycles. The second kappa shape index (κ2) is 8.43. The highest BCUT2D eigenvalue weighted by molar-refractivity contribution is 5.95. The summed E-state index contributed by atoms with van der Waals surface area (Å²) in [6, 6.07) is 4.47. The van der Waals surface area contributed by atoms with Crippen LogP contribution in [0.5, 0.6) is 0 Å². The van der Waals surface area contributed by atoms with E-state index in [0.717, 1.165) is 0 Å². The first kappa shape index (κ1) is 18.7. The van der Waals surface area contributed by atoms with Gasteiger partial charge < -0.3 is 20.9 Å². The Kier molecular flexibility index (Phi) is 6.29. The van der Waals surface area contributed by atoms with E-state index < -0.39 is 4.92 Å². The number of hydrogen-bond donors (Lipinski definition) is 2. The quantitative estimate of drug-likeness (QED) is 0.434. The van der Waals surface area contributed by atoms with Crippen molar-refractivity contribution in [1.29, 1.82) is 0 Å². The molecule has 1 aliphatic heterocycles. The standard InChI is InChI=1S/C16H23N5O4/c1-12(22)19-7-9-20(10-8-19)14-4-3-13(11-15(14)21(24)25)16(23)18-6-2-5-17/h3-4,11H,2,5-10,17H2,1H3,(H,18,23). The highest BCUT2D eigenvalue weighted by Gasteiger charge is 2.25. The number of carbonyl (C=O) groups excluding carboxylic acids is 2. The van der Waals surface area contributed by atoms with E-state index in [1.165, 1.54) is 13.0 Å². The third-order valence-electron chi connectivity index (χ3n) is 4.17. The minimum Gasteiger partial charge on any atom is -0.362 e. The second-order valence-corrected chi connectivity index (χ2v) is 5.85. The fraction of sp³-hybridized carbons (Fsp3) is 0.500. The van der Waals surface area contributed by atoms with Gasteiger partial charge in [0.2, 0.25) is 5.91 Å². The predicted molar refractivity (Wildman–Crippen MR) is 93.6 cm³/mol. The lowest BCUT2D eigenvalue weighted by Gasteiger charge is -2.35. The smallest absolute Gasteiger partial charge is 0.293 e. The van der Waals surface area contributed by atoms with Crippen LogP contribution in [0.1, 0.15) is 23.7 Å². The van der Waals surface area contributed by atoms with Crippen molar-refractivity contribution in [3.05, 3.63) is 33.9 Å². The Morgan fingerprint density at radius 3 is 2.52 bits per heavy atom. The van der Waals surface area contributed by atoms with Crippen LogP contribution < -0.4 is 16.0 Å². The maximum Gasteiger partial charge on any atom is 0.293 e. The molecule has 0 unspecified atom stereocenters. The zero-order valence-electron chi connectivity index (χ0n) is 14.2. The molecule has 0 aliphatic carbocycles. The molecule has 0 saturated carbocycles. The van der Waals surface area contributed by atoms with Gasteiger partial charge in [-0.05, 0) is 25.1 Å². The highest BCUT2D eigenvalue weighted by Crippen LogP contribution is 2.30. The molecule has 25 heavy (non-hydrogen) atoms. The summed E-state index contributed by atoms with van der Waals surface area (Å²) in [5.74, 6) is -0.358. The average Bonchev–Trinajstić information content (AvgIpc) is 2.61. The Balaban J connectivity index is 2.15. The van der Waals surface area contributed by atoms with Crippen molar-refractivity contribution in [2.75, 3.05) is 44.2 Å². The van der Waals surface area contributed by atoms with Crippen LogP contribution in [0, 0.1) is 10.1 Å². The summed E-state index contributed by atoms with van der Waals surface area (Å²) in [4.78, 5) is 38.0. The van der Waals surface area contributed by atoms with Crippen LogP contribution in [-0.2, 0) is 4.79 Å². The first-order valence-corrected chi connectivity index (χ1v) is 8.21. The fourth-order valence-electron chi connectivity index (χ4n) is 2.75. The number of carbonyl (C=O) groups is 2. The molecule has 3 N–H and O–H groups in total. The summed E-state index contributed by atoms with van der Waals surface area (Å²) in [5.41, 5.74) is 5.98. The lowest BCUT2D eigenvalue weighted by Crippen LogP contribution is -2.48. The maximum atomic E-state index is 12.1. The van der Waals surface area contributed by atoms with Crippen molar-refractivity contribution in [2.24, 2.45) is 5.73 Å². The Morgan fingerprint density at radius 1 is 1.28 bits per heavy atom. The molecule has 0 radical (unpaired) electrons. The van der Waals surface area contributed by atoms with E-state index in [1.807, 2.05) is 4.90 Å². The van der Waals surface area contributed by atoms with E-state index in [-0.39, 0.29) is 23.1 Å². The Morgan fingerprint density at radius 2 is 1.96 bits per heavy atom. The zero-order valence-corrected chi connectivity index (χ0v) is 14.2. The summed E-state index contributed by atoms with van der Waals surface area (Å²) in [7, 11) is 0. The molecule has 0 spiro atoms. The number of benzene rings is 1. The van der Waals surface area contributed by atoms with E-state index >= 15 is 0 Å². The van der Waals surface area contributed by atoms with E-state index in [1.54, 1.807) is 17.0 Å². The van der Waals surface area contributed by atoms with Crippen molar-refractivity contribution in [3.8, 4) is 0 Å². The van der Waals surface area contributed by atoms with Crippen LogP contribution in [0.15, 0.2) is 18.2 Å². The molecule has 2 amide bonds. The SMILES string of the molecule is CC(=O)N1CCN(c2ccc(C(=O)NCCCN)cc2[N+](=O)[O-])CC1. The van der Waals surface area contributed by atoms with Gasteiger partial charge in [0.15, 0.2) is 0 Å². The molecular formula is C16H23N5O4. The van der Waals surface area contributed by atoms with Gasteiger partial charge in [-0.15, -0.1) is 0 Å².